The molecule has 2 aromatic heterocycles. The Bertz CT molecular complexity index is 447. The van der Waals surface area contributed by atoms with Gasteiger partial charge in [-0.05, 0) is 18.2 Å². The van der Waals surface area contributed by atoms with Crippen LogP contribution in [0.5, 0.6) is 5.75 Å². The van der Waals surface area contributed by atoms with Crippen molar-refractivity contribution in [2.45, 2.75) is 0 Å². The fourth-order valence-electron chi connectivity index (χ4n) is 1.12. The molecular formula is C10H9N3O2. The third kappa shape index (κ3) is 2.03. The quantitative estimate of drug-likeness (QED) is 0.727. The van der Waals surface area contributed by atoms with Crippen LogP contribution >= 0.6 is 0 Å². The van der Waals surface area contributed by atoms with E-state index in [1.54, 1.807) is 24.4 Å². The lowest BCUT2D eigenvalue weighted by molar-refractivity contribution is 0.294. The van der Waals surface area contributed by atoms with Gasteiger partial charge in [-0.1, -0.05) is 6.07 Å². The van der Waals surface area contributed by atoms with Gasteiger partial charge in [0.25, 0.3) is 0 Å². The molecule has 76 valence electrons. The number of rotatable bonds is 2. The molecule has 0 fully saturated rings. The number of nitrogens with zero attached hydrogens (tertiary/aromatic N) is 3. The molecule has 0 spiro atoms. The average Bonchev–Trinajstić information content (AvgIpc) is 2.29. The Kier molecular flexibility index (Phi) is 2.47. The van der Waals surface area contributed by atoms with E-state index in [1.165, 1.54) is 18.3 Å². The number of aromatic nitrogens is 2. The molecule has 5 nitrogen and oxygen atoms in total. The van der Waals surface area contributed by atoms with Crippen LogP contribution in [0.4, 0.5) is 11.6 Å². The van der Waals surface area contributed by atoms with Crippen LogP contribution in [0.25, 0.3) is 0 Å². The first-order chi connectivity index (χ1) is 7.27. The van der Waals surface area contributed by atoms with Crippen LogP contribution in [-0.2, 0) is 0 Å². The zero-order chi connectivity index (χ0) is 10.7. The van der Waals surface area contributed by atoms with Gasteiger partial charge in [-0.3, -0.25) is 5.21 Å². The van der Waals surface area contributed by atoms with E-state index in [1.807, 2.05) is 0 Å². The minimum absolute atomic E-state index is 0.0370. The van der Waals surface area contributed by atoms with Crippen molar-refractivity contribution < 1.29 is 10.3 Å². The zero-order valence-corrected chi connectivity index (χ0v) is 7.78. The van der Waals surface area contributed by atoms with Crippen molar-refractivity contribution >= 4 is 11.6 Å². The fourth-order valence-corrected chi connectivity index (χ4v) is 1.12. The molecule has 2 heterocycles. The topological polar surface area (TPSA) is 69.5 Å². The van der Waals surface area contributed by atoms with Crippen LogP contribution in [0.1, 0.15) is 0 Å². The molecule has 0 radical (unpaired) electrons. The number of pyridine rings is 2. The third-order valence-electron chi connectivity index (χ3n) is 1.81. The maximum absolute atomic E-state index is 9.71. The second kappa shape index (κ2) is 3.93. The normalized spacial score (nSPS) is 9.93. The van der Waals surface area contributed by atoms with E-state index >= 15 is 0 Å². The van der Waals surface area contributed by atoms with E-state index in [4.69, 9.17) is 0 Å². The largest absolute Gasteiger partial charge is 0.508 e. The Morgan fingerprint density at radius 2 is 1.80 bits per heavy atom. The second-order valence-electron chi connectivity index (χ2n) is 2.87. The van der Waals surface area contributed by atoms with Gasteiger partial charge >= 0.3 is 0 Å². The average molecular weight is 203 g/mol. The van der Waals surface area contributed by atoms with Crippen LogP contribution in [-0.4, -0.2) is 20.3 Å². The van der Waals surface area contributed by atoms with E-state index < -0.39 is 0 Å². The summed E-state index contributed by atoms with van der Waals surface area (Å²) in [6.45, 7) is 0. The molecule has 0 unspecified atom stereocenters. The summed E-state index contributed by atoms with van der Waals surface area (Å²) in [6, 6.07) is 7.89. The molecule has 2 aromatic rings. The molecule has 0 aromatic carbocycles. The smallest absolute Gasteiger partial charge is 0.163 e. The molecule has 0 bridgehead atoms. The van der Waals surface area contributed by atoms with Gasteiger partial charge in [0.05, 0.1) is 0 Å². The second-order valence-corrected chi connectivity index (χ2v) is 2.87. The highest BCUT2D eigenvalue weighted by Crippen LogP contribution is 2.21. The van der Waals surface area contributed by atoms with Crippen molar-refractivity contribution in [2.75, 3.05) is 5.06 Å². The van der Waals surface area contributed by atoms with Gasteiger partial charge in [0.15, 0.2) is 11.6 Å². The Morgan fingerprint density at radius 3 is 2.47 bits per heavy atom. The van der Waals surface area contributed by atoms with Gasteiger partial charge in [-0.15, -0.1) is 0 Å². The van der Waals surface area contributed by atoms with Gasteiger partial charge in [0.1, 0.15) is 5.75 Å². The molecule has 5 heteroatoms. The van der Waals surface area contributed by atoms with E-state index in [-0.39, 0.29) is 11.6 Å². The molecule has 2 rings (SSSR count). The van der Waals surface area contributed by atoms with Crippen molar-refractivity contribution in [3.63, 3.8) is 0 Å². The molecule has 0 atom stereocenters. The Hall–Kier alpha value is -2.14. The van der Waals surface area contributed by atoms with E-state index in [2.05, 4.69) is 9.97 Å². The summed E-state index contributed by atoms with van der Waals surface area (Å²) in [5, 5.41) is 19.7. The maximum Gasteiger partial charge on any atom is 0.163 e. The zero-order valence-electron chi connectivity index (χ0n) is 7.78. The Labute approximate surface area is 86.2 Å². The first kappa shape index (κ1) is 9.42. The molecule has 0 saturated heterocycles. The van der Waals surface area contributed by atoms with Crippen molar-refractivity contribution in [3.8, 4) is 5.75 Å². The summed E-state index contributed by atoms with van der Waals surface area (Å²) in [7, 11) is 0. The van der Waals surface area contributed by atoms with E-state index in [0.717, 1.165) is 5.06 Å². The molecule has 0 aliphatic rings. The van der Waals surface area contributed by atoms with Gasteiger partial charge in [0, 0.05) is 18.5 Å². The van der Waals surface area contributed by atoms with Crippen LogP contribution in [0.15, 0.2) is 42.7 Å². The molecule has 0 amide bonds. The van der Waals surface area contributed by atoms with E-state index in [9.17, 15) is 10.3 Å². The molecule has 15 heavy (non-hydrogen) atoms. The molecule has 0 aliphatic carbocycles. The van der Waals surface area contributed by atoms with Gasteiger partial charge in [0.2, 0.25) is 0 Å². The summed E-state index contributed by atoms with van der Waals surface area (Å²) >= 11 is 0. The van der Waals surface area contributed by atoms with E-state index in [0.29, 0.717) is 5.82 Å². The SMILES string of the molecule is Oc1ccnc(N(O)c2ccccn2)c1. The fraction of sp³-hybridized carbons (Fsp3) is 0. The highest BCUT2D eigenvalue weighted by molar-refractivity contribution is 5.53. The summed E-state index contributed by atoms with van der Waals surface area (Å²) < 4.78 is 0. The predicted molar refractivity (Wildman–Crippen MR) is 54.1 cm³/mol. The summed E-state index contributed by atoms with van der Waals surface area (Å²) in [5.74, 6) is 0.597. The number of hydrogen-bond acceptors (Lipinski definition) is 5. The van der Waals surface area contributed by atoms with Crippen molar-refractivity contribution in [1.82, 2.24) is 9.97 Å². The van der Waals surface area contributed by atoms with Crippen molar-refractivity contribution in [1.29, 1.82) is 0 Å². The summed E-state index contributed by atoms with van der Waals surface area (Å²) in [4.78, 5) is 7.83. The monoisotopic (exact) mass is 203 g/mol. The van der Waals surface area contributed by atoms with Gasteiger partial charge < -0.3 is 5.11 Å². The lowest BCUT2D eigenvalue weighted by Gasteiger charge is -2.13. The number of anilines is 2. The van der Waals surface area contributed by atoms with Crippen LogP contribution in [0.2, 0.25) is 0 Å². The van der Waals surface area contributed by atoms with Crippen LogP contribution in [0.3, 0.4) is 0 Å². The van der Waals surface area contributed by atoms with Gasteiger partial charge in [-0.25, -0.2) is 9.97 Å². The first-order valence-electron chi connectivity index (χ1n) is 4.32. The van der Waals surface area contributed by atoms with Gasteiger partial charge in [-0.2, -0.15) is 5.06 Å². The minimum atomic E-state index is 0.0370. The third-order valence-corrected chi connectivity index (χ3v) is 1.81. The van der Waals surface area contributed by atoms with Crippen LogP contribution in [0, 0.1) is 0 Å². The predicted octanol–water partition coefficient (Wildman–Crippen LogP) is 1.71. The molecular weight excluding hydrogens is 194 g/mol. The minimum Gasteiger partial charge on any atom is -0.508 e. The van der Waals surface area contributed by atoms with Crippen molar-refractivity contribution in [3.05, 3.63) is 42.7 Å². The maximum atomic E-state index is 9.71. The lowest BCUT2D eigenvalue weighted by atomic mass is 10.4. The molecule has 2 N–H and O–H groups in total. The Morgan fingerprint density at radius 1 is 1.00 bits per heavy atom. The first-order valence-corrected chi connectivity index (χ1v) is 4.32. The highest BCUT2D eigenvalue weighted by Gasteiger charge is 2.08. The number of aromatic hydroxyl groups is 1. The lowest BCUT2D eigenvalue weighted by Crippen LogP contribution is -2.13. The Balaban J connectivity index is 2.32. The summed E-state index contributed by atoms with van der Waals surface area (Å²) in [5.41, 5.74) is 0. The standard InChI is InChI=1S/C10H9N3O2/c14-8-4-6-12-10(7-8)13(15)9-3-1-2-5-11-9/h1-7,15H,(H,12,14). The van der Waals surface area contributed by atoms with Crippen molar-refractivity contribution in [2.24, 2.45) is 0 Å². The molecule has 0 saturated carbocycles. The van der Waals surface area contributed by atoms with Crippen LogP contribution < -0.4 is 5.06 Å². The highest BCUT2D eigenvalue weighted by atomic mass is 16.5. The number of hydrogen-bond donors (Lipinski definition) is 2. The summed E-state index contributed by atoms with van der Waals surface area (Å²) in [6.07, 6.45) is 2.96. The molecule has 0 aliphatic heterocycles.